The number of ether oxygens (including phenoxy) is 1. The first-order valence-electron chi connectivity index (χ1n) is 5.67. The third-order valence-electron chi connectivity index (χ3n) is 2.34. The van der Waals surface area contributed by atoms with E-state index in [1.807, 2.05) is 44.2 Å². The van der Waals surface area contributed by atoms with E-state index in [-0.39, 0.29) is 0 Å². The van der Waals surface area contributed by atoms with Crippen molar-refractivity contribution in [1.82, 2.24) is 5.16 Å². The molecule has 1 heterocycles. The highest BCUT2D eigenvalue weighted by atomic mass is 16.5. The minimum absolute atomic E-state index is 0.690. The van der Waals surface area contributed by atoms with Gasteiger partial charge in [-0.05, 0) is 31.5 Å². The molecule has 1 N–H and O–H groups in total. The number of hydrogen-bond acceptors (Lipinski definition) is 4. The van der Waals surface area contributed by atoms with Crippen molar-refractivity contribution >= 4 is 5.82 Å². The fourth-order valence-corrected chi connectivity index (χ4v) is 1.51. The monoisotopic (exact) mass is 232 g/mol. The summed E-state index contributed by atoms with van der Waals surface area (Å²) in [7, 11) is 0. The molecular formula is C13H16N2O2. The van der Waals surface area contributed by atoms with Gasteiger partial charge in [0.2, 0.25) is 0 Å². The van der Waals surface area contributed by atoms with Crippen LogP contribution in [0.1, 0.15) is 18.2 Å². The first-order chi connectivity index (χ1) is 8.28. The Morgan fingerprint density at radius 1 is 1.29 bits per heavy atom. The van der Waals surface area contributed by atoms with E-state index < -0.39 is 0 Å². The summed E-state index contributed by atoms with van der Waals surface area (Å²) in [6, 6.07) is 9.87. The third-order valence-corrected chi connectivity index (χ3v) is 2.34. The summed E-state index contributed by atoms with van der Waals surface area (Å²) in [5.41, 5.74) is 1.18. The Balaban J connectivity index is 1.90. The Labute approximate surface area is 101 Å². The summed E-state index contributed by atoms with van der Waals surface area (Å²) in [5.74, 6) is 2.46. The Morgan fingerprint density at radius 2 is 2.06 bits per heavy atom. The number of rotatable bonds is 5. The van der Waals surface area contributed by atoms with E-state index in [0.29, 0.717) is 6.61 Å². The van der Waals surface area contributed by atoms with Crippen LogP contribution in [0.4, 0.5) is 5.82 Å². The van der Waals surface area contributed by atoms with Crippen LogP contribution >= 0.6 is 0 Å². The molecule has 0 bridgehead atoms. The van der Waals surface area contributed by atoms with E-state index in [9.17, 15) is 0 Å². The van der Waals surface area contributed by atoms with Crippen LogP contribution in [0.3, 0.4) is 0 Å². The van der Waals surface area contributed by atoms with Gasteiger partial charge in [0.1, 0.15) is 11.5 Å². The molecule has 0 aliphatic rings. The highest BCUT2D eigenvalue weighted by Gasteiger charge is 1.99. The number of hydrogen-bond donors (Lipinski definition) is 1. The quantitative estimate of drug-likeness (QED) is 0.860. The number of aryl methyl sites for hydroxylation is 1. The molecule has 1 aromatic heterocycles. The van der Waals surface area contributed by atoms with E-state index in [0.717, 1.165) is 23.9 Å². The van der Waals surface area contributed by atoms with E-state index in [1.165, 1.54) is 5.56 Å². The van der Waals surface area contributed by atoms with Gasteiger partial charge in [0.25, 0.3) is 0 Å². The second kappa shape index (κ2) is 5.39. The number of aromatic nitrogens is 1. The highest BCUT2D eigenvalue weighted by molar-refractivity contribution is 5.36. The molecule has 0 fully saturated rings. The zero-order chi connectivity index (χ0) is 12.1. The molecule has 4 heteroatoms. The lowest BCUT2D eigenvalue weighted by Crippen LogP contribution is -1.99. The fourth-order valence-electron chi connectivity index (χ4n) is 1.51. The maximum Gasteiger partial charge on any atom is 0.169 e. The molecular weight excluding hydrogens is 216 g/mol. The maximum atomic E-state index is 5.38. The van der Waals surface area contributed by atoms with Crippen LogP contribution in [0.15, 0.2) is 34.9 Å². The average Bonchev–Trinajstić information content (AvgIpc) is 2.75. The lowest BCUT2D eigenvalue weighted by molar-refractivity contribution is 0.340. The van der Waals surface area contributed by atoms with Gasteiger partial charge < -0.3 is 14.6 Å². The molecule has 0 radical (unpaired) electrons. The van der Waals surface area contributed by atoms with Gasteiger partial charge in [-0.3, -0.25) is 0 Å². The Hall–Kier alpha value is -1.97. The van der Waals surface area contributed by atoms with Gasteiger partial charge in [-0.25, -0.2) is 0 Å². The molecule has 1 aromatic carbocycles. The number of nitrogens with one attached hydrogen (secondary N) is 1. The van der Waals surface area contributed by atoms with Gasteiger partial charge in [-0.15, -0.1) is 0 Å². The molecule has 0 aliphatic carbocycles. The second-order valence-electron chi connectivity index (χ2n) is 3.75. The van der Waals surface area contributed by atoms with Crippen LogP contribution in [0.5, 0.6) is 5.75 Å². The van der Waals surface area contributed by atoms with E-state index >= 15 is 0 Å². The number of anilines is 1. The molecule has 0 aliphatic heterocycles. The maximum absolute atomic E-state index is 5.38. The standard InChI is InChI=1S/C13H16N2O2/c1-3-16-12-6-4-11(5-7-12)9-14-13-8-10(2)17-15-13/h4-8H,3,9H2,1-2H3,(H,14,15). The van der Waals surface area contributed by atoms with Crippen molar-refractivity contribution in [3.05, 3.63) is 41.7 Å². The van der Waals surface area contributed by atoms with Crippen LogP contribution in [-0.4, -0.2) is 11.8 Å². The Morgan fingerprint density at radius 3 is 2.65 bits per heavy atom. The summed E-state index contributed by atoms with van der Waals surface area (Å²) in [6.07, 6.45) is 0. The molecule has 2 rings (SSSR count). The lowest BCUT2D eigenvalue weighted by atomic mass is 10.2. The molecule has 0 atom stereocenters. The van der Waals surface area contributed by atoms with Crippen LogP contribution in [-0.2, 0) is 6.54 Å². The van der Waals surface area contributed by atoms with Crippen molar-refractivity contribution in [2.75, 3.05) is 11.9 Å². The summed E-state index contributed by atoms with van der Waals surface area (Å²) in [6.45, 7) is 5.26. The molecule has 17 heavy (non-hydrogen) atoms. The lowest BCUT2D eigenvalue weighted by Gasteiger charge is -2.05. The summed E-state index contributed by atoms with van der Waals surface area (Å²) in [5, 5.41) is 7.05. The molecule has 0 saturated carbocycles. The van der Waals surface area contributed by atoms with Gasteiger partial charge >= 0.3 is 0 Å². The van der Waals surface area contributed by atoms with Gasteiger partial charge in [0.05, 0.1) is 6.61 Å². The minimum atomic E-state index is 0.690. The molecule has 0 unspecified atom stereocenters. The molecule has 2 aromatic rings. The Kier molecular flexibility index (Phi) is 3.65. The van der Waals surface area contributed by atoms with Crippen molar-refractivity contribution in [2.24, 2.45) is 0 Å². The van der Waals surface area contributed by atoms with Crippen molar-refractivity contribution in [3.63, 3.8) is 0 Å². The smallest absolute Gasteiger partial charge is 0.169 e. The SMILES string of the molecule is CCOc1ccc(CNc2cc(C)on2)cc1. The minimum Gasteiger partial charge on any atom is -0.494 e. The second-order valence-corrected chi connectivity index (χ2v) is 3.75. The number of nitrogens with zero attached hydrogens (tertiary/aromatic N) is 1. The van der Waals surface area contributed by atoms with Gasteiger partial charge in [0.15, 0.2) is 5.82 Å². The van der Waals surface area contributed by atoms with Crippen LogP contribution in [0, 0.1) is 6.92 Å². The molecule has 90 valence electrons. The average molecular weight is 232 g/mol. The molecule has 4 nitrogen and oxygen atoms in total. The summed E-state index contributed by atoms with van der Waals surface area (Å²) >= 11 is 0. The summed E-state index contributed by atoms with van der Waals surface area (Å²) in [4.78, 5) is 0. The zero-order valence-corrected chi connectivity index (χ0v) is 10.1. The fraction of sp³-hybridized carbons (Fsp3) is 0.308. The van der Waals surface area contributed by atoms with E-state index in [4.69, 9.17) is 9.26 Å². The predicted molar refractivity (Wildman–Crippen MR) is 66.2 cm³/mol. The van der Waals surface area contributed by atoms with Crippen LogP contribution in [0.25, 0.3) is 0 Å². The zero-order valence-electron chi connectivity index (χ0n) is 10.1. The van der Waals surface area contributed by atoms with Gasteiger partial charge in [-0.1, -0.05) is 17.3 Å². The van der Waals surface area contributed by atoms with Gasteiger partial charge in [-0.2, -0.15) is 0 Å². The van der Waals surface area contributed by atoms with Crippen molar-refractivity contribution in [1.29, 1.82) is 0 Å². The highest BCUT2D eigenvalue weighted by Crippen LogP contribution is 2.14. The Bertz CT molecular complexity index is 463. The van der Waals surface area contributed by atoms with E-state index in [2.05, 4.69) is 10.5 Å². The van der Waals surface area contributed by atoms with E-state index in [1.54, 1.807) is 0 Å². The van der Waals surface area contributed by atoms with Crippen LogP contribution in [0.2, 0.25) is 0 Å². The van der Waals surface area contributed by atoms with Crippen LogP contribution < -0.4 is 10.1 Å². The third kappa shape index (κ3) is 3.24. The van der Waals surface area contributed by atoms with Crippen molar-refractivity contribution in [2.45, 2.75) is 20.4 Å². The summed E-state index contributed by atoms with van der Waals surface area (Å²) < 4.78 is 10.4. The number of benzene rings is 1. The largest absolute Gasteiger partial charge is 0.494 e. The normalized spacial score (nSPS) is 10.2. The molecule has 0 amide bonds. The van der Waals surface area contributed by atoms with Crippen molar-refractivity contribution in [3.8, 4) is 5.75 Å². The molecule has 0 spiro atoms. The predicted octanol–water partition coefficient (Wildman–Crippen LogP) is 2.99. The molecule has 0 saturated heterocycles. The topological polar surface area (TPSA) is 47.3 Å². The first-order valence-corrected chi connectivity index (χ1v) is 5.67. The van der Waals surface area contributed by atoms with Gasteiger partial charge in [0, 0.05) is 12.6 Å². The van der Waals surface area contributed by atoms with Crippen molar-refractivity contribution < 1.29 is 9.26 Å². The first kappa shape index (κ1) is 11.5.